The minimum absolute atomic E-state index is 0.283. The maximum absolute atomic E-state index is 12.4. The van der Waals surface area contributed by atoms with Crippen LogP contribution in [0, 0.1) is 6.92 Å². The molecule has 0 atom stereocenters. The lowest BCUT2D eigenvalue weighted by Gasteiger charge is -2.22. The van der Waals surface area contributed by atoms with Crippen molar-refractivity contribution in [3.63, 3.8) is 0 Å². The SMILES string of the molecule is Cc1nc2cc(NC(=O)c3cn(C4CCNCC4)nn3)ccc2o1. The van der Waals surface area contributed by atoms with Gasteiger partial charge < -0.3 is 15.1 Å². The van der Waals surface area contributed by atoms with Crippen LogP contribution in [-0.4, -0.2) is 39.0 Å². The summed E-state index contributed by atoms with van der Waals surface area (Å²) in [6.45, 7) is 3.71. The average molecular weight is 326 g/mol. The Labute approximate surface area is 138 Å². The molecular formula is C16H18N6O2. The first-order valence-electron chi connectivity index (χ1n) is 8.00. The zero-order valence-electron chi connectivity index (χ0n) is 13.3. The van der Waals surface area contributed by atoms with Gasteiger partial charge in [-0.15, -0.1) is 5.10 Å². The Balaban J connectivity index is 1.49. The van der Waals surface area contributed by atoms with Crippen LogP contribution in [-0.2, 0) is 0 Å². The molecule has 124 valence electrons. The van der Waals surface area contributed by atoms with Crippen LogP contribution >= 0.6 is 0 Å². The second-order valence-corrected chi connectivity index (χ2v) is 5.93. The molecule has 3 aromatic rings. The van der Waals surface area contributed by atoms with E-state index in [4.69, 9.17) is 4.42 Å². The molecule has 2 aromatic heterocycles. The lowest BCUT2D eigenvalue weighted by molar-refractivity contribution is 0.102. The summed E-state index contributed by atoms with van der Waals surface area (Å²) in [5, 5.41) is 14.2. The number of nitrogens with zero attached hydrogens (tertiary/aromatic N) is 4. The highest BCUT2D eigenvalue weighted by molar-refractivity contribution is 6.03. The molecule has 1 aliphatic heterocycles. The molecule has 0 saturated carbocycles. The monoisotopic (exact) mass is 326 g/mol. The number of carbonyl (C=O) groups is 1. The number of benzene rings is 1. The van der Waals surface area contributed by atoms with Gasteiger partial charge in [-0.25, -0.2) is 9.67 Å². The van der Waals surface area contributed by atoms with Crippen LogP contribution in [0.4, 0.5) is 5.69 Å². The zero-order valence-corrected chi connectivity index (χ0v) is 13.3. The van der Waals surface area contributed by atoms with Crippen molar-refractivity contribution in [1.82, 2.24) is 25.3 Å². The molecule has 8 heteroatoms. The third-order valence-electron chi connectivity index (χ3n) is 4.18. The molecule has 0 unspecified atom stereocenters. The van der Waals surface area contributed by atoms with Gasteiger partial charge in [0.05, 0.1) is 12.2 Å². The Bertz CT molecular complexity index is 878. The van der Waals surface area contributed by atoms with Crippen LogP contribution < -0.4 is 10.6 Å². The predicted octanol–water partition coefficient (Wildman–Crippen LogP) is 1.90. The molecular weight excluding hydrogens is 308 g/mol. The third-order valence-corrected chi connectivity index (χ3v) is 4.18. The van der Waals surface area contributed by atoms with Gasteiger partial charge in [-0.1, -0.05) is 5.21 Å². The molecule has 3 heterocycles. The lowest BCUT2D eigenvalue weighted by atomic mass is 10.1. The largest absolute Gasteiger partial charge is 0.441 e. The van der Waals surface area contributed by atoms with E-state index in [9.17, 15) is 4.79 Å². The topological polar surface area (TPSA) is 97.9 Å². The van der Waals surface area contributed by atoms with Gasteiger partial charge in [0.2, 0.25) is 0 Å². The van der Waals surface area contributed by atoms with Crippen molar-refractivity contribution >= 4 is 22.7 Å². The van der Waals surface area contributed by atoms with Gasteiger partial charge in [-0.05, 0) is 44.1 Å². The summed E-state index contributed by atoms with van der Waals surface area (Å²) in [5.41, 5.74) is 2.37. The standard InChI is InChI=1S/C16H18N6O2/c1-10-18-13-8-11(2-3-15(13)24-10)19-16(23)14-9-22(21-20-14)12-4-6-17-7-5-12/h2-3,8-9,12,17H,4-7H2,1H3,(H,19,23). The summed E-state index contributed by atoms with van der Waals surface area (Å²) in [6.07, 6.45) is 3.70. The number of amides is 1. The van der Waals surface area contributed by atoms with Crippen LogP contribution in [0.5, 0.6) is 0 Å². The number of rotatable bonds is 3. The molecule has 4 rings (SSSR count). The molecule has 0 bridgehead atoms. The van der Waals surface area contributed by atoms with E-state index in [2.05, 4.69) is 25.9 Å². The molecule has 0 aliphatic carbocycles. The van der Waals surface area contributed by atoms with Gasteiger partial charge in [0.15, 0.2) is 17.2 Å². The summed E-state index contributed by atoms with van der Waals surface area (Å²) in [4.78, 5) is 16.6. The van der Waals surface area contributed by atoms with Crippen molar-refractivity contribution in [2.24, 2.45) is 0 Å². The van der Waals surface area contributed by atoms with E-state index in [1.165, 1.54) is 0 Å². The first kappa shape index (κ1) is 14.8. The second kappa shape index (κ2) is 6.04. The highest BCUT2D eigenvalue weighted by Gasteiger charge is 2.19. The van der Waals surface area contributed by atoms with Crippen molar-refractivity contribution in [3.05, 3.63) is 36.0 Å². The molecule has 1 aromatic carbocycles. The molecule has 0 spiro atoms. The predicted molar refractivity (Wildman–Crippen MR) is 87.9 cm³/mol. The number of fused-ring (bicyclic) bond motifs is 1. The Morgan fingerprint density at radius 3 is 3.04 bits per heavy atom. The van der Waals surface area contributed by atoms with Crippen molar-refractivity contribution in [2.75, 3.05) is 18.4 Å². The molecule has 1 saturated heterocycles. The van der Waals surface area contributed by atoms with Crippen LogP contribution in [0.1, 0.15) is 35.3 Å². The van der Waals surface area contributed by atoms with Gasteiger partial charge in [0, 0.05) is 12.6 Å². The minimum atomic E-state index is -0.283. The summed E-state index contributed by atoms with van der Waals surface area (Å²) in [6, 6.07) is 5.65. The quantitative estimate of drug-likeness (QED) is 0.763. The van der Waals surface area contributed by atoms with E-state index >= 15 is 0 Å². The van der Waals surface area contributed by atoms with Crippen molar-refractivity contribution in [2.45, 2.75) is 25.8 Å². The molecule has 1 aliphatic rings. The molecule has 1 fully saturated rings. The Morgan fingerprint density at radius 1 is 1.38 bits per heavy atom. The smallest absolute Gasteiger partial charge is 0.277 e. The van der Waals surface area contributed by atoms with E-state index in [0.29, 0.717) is 34.4 Å². The number of anilines is 1. The number of hydrogen-bond acceptors (Lipinski definition) is 6. The van der Waals surface area contributed by atoms with Gasteiger partial charge in [-0.2, -0.15) is 0 Å². The average Bonchev–Trinajstić information content (AvgIpc) is 3.21. The molecule has 24 heavy (non-hydrogen) atoms. The number of aryl methyl sites for hydroxylation is 1. The Kier molecular flexibility index (Phi) is 3.73. The van der Waals surface area contributed by atoms with E-state index in [1.54, 1.807) is 36.0 Å². The first-order chi connectivity index (χ1) is 11.7. The highest BCUT2D eigenvalue weighted by Crippen LogP contribution is 2.21. The fourth-order valence-electron chi connectivity index (χ4n) is 2.95. The fraction of sp³-hybridized carbons (Fsp3) is 0.375. The molecule has 1 amide bonds. The van der Waals surface area contributed by atoms with Crippen molar-refractivity contribution in [1.29, 1.82) is 0 Å². The Hall–Kier alpha value is -2.74. The van der Waals surface area contributed by atoms with Gasteiger partial charge in [-0.3, -0.25) is 4.79 Å². The number of hydrogen-bond donors (Lipinski definition) is 2. The number of carbonyl (C=O) groups excluding carboxylic acids is 1. The van der Waals surface area contributed by atoms with Crippen LogP contribution in [0.25, 0.3) is 11.1 Å². The lowest BCUT2D eigenvalue weighted by Crippen LogP contribution is -2.29. The summed E-state index contributed by atoms with van der Waals surface area (Å²) < 4.78 is 7.22. The molecule has 0 radical (unpaired) electrons. The first-order valence-corrected chi connectivity index (χ1v) is 8.00. The summed E-state index contributed by atoms with van der Waals surface area (Å²) in [7, 11) is 0. The van der Waals surface area contributed by atoms with Crippen LogP contribution in [0.2, 0.25) is 0 Å². The number of nitrogens with one attached hydrogen (secondary N) is 2. The van der Waals surface area contributed by atoms with E-state index in [1.807, 2.05) is 0 Å². The van der Waals surface area contributed by atoms with Crippen molar-refractivity contribution < 1.29 is 9.21 Å². The van der Waals surface area contributed by atoms with Gasteiger partial charge in [0.25, 0.3) is 5.91 Å². The fourth-order valence-corrected chi connectivity index (χ4v) is 2.95. The van der Waals surface area contributed by atoms with Crippen LogP contribution in [0.3, 0.4) is 0 Å². The van der Waals surface area contributed by atoms with E-state index in [-0.39, 0.29) is 5.91 Å². The Morgan fingerprint density at radius 2 is 2.21 bits per heavy atom. The third kappa shape index (κ3) is 2.88. The normalized spacial score (nSPS) is 15.7. The maximum Gasteiger partial charge on any atom is 0.277 e. The zero-order chi connectivity index (χ0) is 16.5. The van der Waals surface area contributed by atoms with Gasteiger partial charge in [0.1, 0.15) is 5.52 Å². The number of oxazole rings is 1. The minimum Gasteiger partial charge on any atom is -0.441 e. The molecule has 8 nitrogen and oxygen atoms in total. The van der Waals surface area contributed by atoms with Crippen molar-refractivity contribution in [3.8, 4) is 0 Å². The van der Waals surface area contributed by atoms with E-state index in [0.717, 1.165) is 25.9 Å². The summed E-state index contributed by atoms with van der Waals surface area (Å²) >= 11 is 0. The second-order valence-electron chi connectivity index (χ2n) is 5.93. The van der Waals surface area contributed by atoms with Crippen LogP contribution in [0.15, 0.2) is 28.8 Å². The maximum atomic E-state index is 12.4. The highest BCUT2D eigenvalue weighted by atomic mass is 16.3. The summed E-state index contributed by atoms with van der Waals surface area (Å²) in [5.74, 6) is 0.313. The number of piperidine rings is 1. The number of aromatic nitrogens is 4. The van der Waals surface area contributed by atoms with E-state index < -0.39 is 0 Å². The molecule has 2 N–H and O–H groups in total. The van der Waals surface area contributed by atoms with Gasteiger partial charge >= 0.3 is 0 Å².